The van der Waals surface area contributed by atoms with Crippen LogP contribution in [0.5, 0.6) is 0 Å². The van der Waals surface area contributed by atoms with Crippen molar-refractivity contribution in [2.45, 2.75) is 27.2 Å². The maximum absolute atomic E-state index is 6.15. The van der Waals surface area contributed by atoms with E-state index in [2.05, 4.69) is 87.5 Å². The SMILES string of the molecule is CC(C)(C)C[O][Ti+2][c]1ccccc1-c1cccc2c1Cc1ccccc1-2.[Cl-].[Cl-]. The predicted octanol–water partition coefficient (Wildman–Crippen LogP) is -0.382. The number of hydrogen-bond donors (Lipinski definition) is 0. The minimum atomic E-state index is -0.605. The zero-order valence-corrected chi connectivity index (χ0v) is 19.5. The van der Waals surface area contributed by atoms with Crippen molar-refractivity contribution in [2.75, 3.05) is 6.61 Å². The van der Waals surface area contributed by atoms with E-state index in [1.54, 1.807) is 0 Å². The molecule has 0 heterocycles. The molecule has 1 nitrogen and oxygen atoms in total. The van der Waals surface area contributed by atoms with E-state index in [1.807, 2.05) is 0 Å². The van der Waals surface area contributed by atoms with Crippen LogP contribution in [0.1, 0.15) is 31.9 Å². The second-order valence-electron chi connectivity index (χ2n) is 8.16. The molecule has 0 saturated heterocycles. The van der Waals surface area contributed by atoms with Gasteiger partial charge in [-0.05, 0) is 0 Å². The first-order valence-electron chi connectivity index (χ1n) is 9.20. The topological polar surface area (TPSA) is 9.23 Å². The molecule has 0 saturated carbocycles. The van der Waals surface area contributed by atoms with Crippen molar-refractivity contribution in [1.29, 1.82) is 0 Å². The summed E-state index contributed by atoms with van der Waals surface area (Å²) in [6, 6.07) is 24.3. The minimum absolute atomic E-state index is 0. The number of benzene rings is 3. The largest absolute Gasteiger partial charge is 1.00 e. The summed E-state index contributed by atoms with van der Waals surface area (Å²) in [5, 5.41) is 0. The smallest absolute Gasteiger partial charge is 1.00 e. The van der Waals surface area contributed by atoms with Gasteiger partial charge in [-0.25, -0.2) is 0 Å². The second-order valence-corrected chi connectivity index (χ2v) is 9.77. The molecule has 0 radical (unpaired) electrons. The van der Waals surface area contributed by atoms with Gasteiger partial charge in [0.05, 0.1) is 0 Å². The number of hydrogen-bond acceptors (Lipinski definition) is 1. The third-order valence-corrected chi connectivity index (χ3v) is 6.23. The summed E-state index contributed by atoms with van der Waals surface area (Å²) in [6.45, 7) is 7.50. The van der Waals surface area contributed by atoms with Gasteiger partial charge in [0, 0.05) is 0 Å². The van der Waals surface area contributed by atoms with Crippen LogP contribution in [0.4, 0.5) is 0 Å². The Morgan fingerprint density at radius 1 is 0.750 bits per heavy atom. The van der Waals surface area contributed by atoms with Gasteiger partial charge in [0.1, 0.15) is 0 Å². The minimum Gasteiger partial charge on any atom is -1.00 e. The Kier molecular flexibility index (Phi) is 7.96. The molecule has 0 unspecified atom stereocenters. The van der Waals surface area contributed by atoms with Gasteiger partial charge in [0.15, 0.2) is 0 Å². The van der Waals surface area contributed by atoms with E-state index in [0.717, 1.165) is 13.0 Å². The maximum Gasteiger partial charge on any atom is -1.00 e. The Labute approximate surface area is 190 Å². The molecule has 144 valence electrons. The Bertz CT molecular complexity index is 947. The van der Waals surface area contributed by atoms with Gasteiger partial charge < -0.3 is 24.8 Å². The molecule has 3 aromatic carbocycles. The van der Waals surface area contributed by atoms with E-state index in [-0.39, 0.29) is 30.2 Å². The number of halogens is 2. The van der Waals surface area contributed by atoms with Crippen LogP contribution in [0, 0.1) is 5.41 Å². The molecule has 0 spiro atoms. The van der Waals surface area contributed by atoms with Gasteiger partial charge >= 0.3 is 166 Å². The molecule has 0 amide bonds. The Hall–Kier alpha value is -1.09. The summed E-state index contributed by atoms with van der Waals surface area (Å²) in [6.07, 6.45) is 1.03. The zero-order chi connectivity index (χ0) is 18.1. The fourth-order valence-electron chi connectivity index (χ4n) is 3.55. The zero-order valence-electron chi connectivity index (χ0n) is 16.4. The standard InChI is InChI=1S/C19H13.C5H11O.2ClH.Ti/c1-2-7-14(8-3-1)16-11-6-12-18-17-10-5-4-9-15(17)13-19(16)18;1-5(2,3)4-6;;;/h1-7,9-12H,13H2;4H2,1-3H3;2*1H;/q;-1;;;+3/p-2. The number of fused-ring (bicyclic) bond motifs is 3. The van der Waals surface area contributed by atoms with Crippen LogP contribution in [0.2, 0.25) is 0 Å². The Morgan fingerprint density at radius 3 is 2.04 bits per heavy atom. The van der Waals surface area contributed by atoms with Crippen LogP contribution in [-0.2, 0) is 29.3 Å². The Morgan fingerprint density at radius 2 is 1.32 bits per heavy atom. The van der Waals surface area contributed by atoms with Gasteiger partial charge in [-0.2, -0.15) is 0 Å². The molecule has 0 bridgehead atoms. The van der Waals surface area contributed by atoms with Crippen LogP contribution in [0.15, 0.2) is 66.7 Å². The number of rotatable bonds is 4. The van der Waals surface area contributed by atoms with Crippen molar-refractivity contribution < 1.29 is 47.7 Å². The summed E-state index contributed by atoms with van der Waals surface area (Å²) in [7, 11) is 0. The van der Waals surface area contributed by atoms with E-state index in [1.165, 1.54) is 37.2 Å². The van der Waals surface area contributed by atoms with E-state index in [0.29, 0.717) is 0 Å². The first-order chi connectivity index (χ1) is 12.5. The van der Waals surface area contributed by atoms with Gasteiger partial charge in [-0.3, -0.25) is 0 Å². The summed E-state index contributed by atoms with van der Waals surface area (Å²) >= 11 is -0.605. The molecule has 4 heteroatoms. The van der Waals surface area contributed by atoms with Crippen LogP contribution in [0.3, 0.4) is 0 Å². The average Bonchev–Trinajstić information content (AvgIpc) is 3.00. The van der Waals surface area contributed by atoms with E-state index in [4.69, 9.17) is 3.32 Å². The normalized spacial score (nSPS) is 11.5. The first kappa shape index (κ1) is 23.2. The van der Waals surface area contributed by atoms with Gasteiger partial charge in [-0.15, -0.1) is 0 Å². The van der Waals surface area contributed by atoms with Crippen molar-refractivity contribution in [2.24, 2.45) is 5.41 Å². The summed E-state index contributed by atoms with van der Waals surface area (Å²) in [5.41, 5.74) is 8.62. The molecule has 1 aliphatic carbocycles. The summed E-state index contributed by atoms with van der Waals surface area (Å²) < 4.78 is 7.54. The molecular weight excluding hydrogens is 423 g/mol. The molecule has 0 atom stereocenters. The summed E-state index contributed by atoms with van der Waals surface area (Å²) in [4.78, 5) is 0. The first-order valence-corrected chi connectivity index (χ1v) is 10.6. The van der Waals surface area contributed by atoms with Crippen LogP contribution >= 0.6 is 0 Å². The van der Waals surface area contributed by atoms with Crippen molar-refractivity contribution in [1.82, 2.24) is 0 Å². The molecule has 3 aromatic rings. The third-order valence-electron chi connectivity index (χ3n) is 4.76. The van der Waals surface area contributed by atoms with Crippen LogP contribution in [0.25, 0.3) is 22.3 Å². The summed E-state index contributed by atoms with van der Waals surface area (Å²) in [5.74, 6) is 0. The quantitative estimate of drug-likeness (QED) is 0.388. The Balaban J connectivity index is 0.00000140. The average molecular weight is 447 g/mol. The van der Waals surface area contributed by atoms with E-state index >= 15 is 0 Å². The van der Waals surface area contributed by atoms with Gasteiger partial charge in [-0.1, -0.05) is 0 Å². The second kappa shape index (κ2) is 9.61. The fourth-order valence-corrected chi connectivity index (χ4v) is 5.35. The monoisotopic (exact) mass is 446 g/mol. The maximum atomic E-state index is 6.15. The molecule has 28 heavy (non-hydrogen) atoms. The van der Waals surface area contributed by atoms with E-state index in [9.17, 15) is 0 Å². The fraction of sp³-hybridized carbons (Fsp3) is 0.250. The molecule has 0 fully saturated rings. The predicted molar refractivity (Wildman–Crippen MR) is 105 cm³/mol. The molecule has 4 rings (SSSR count). The molecule has 1 aliphatic rings. The molecule has 0 aromatic heterocycles. The van der Waals surface area contributed by atoms with Gasteiger partial charge in [0.2, 0.25) is 0 Å². The third kappa shape index (κ3) is 4.90. The molecular formula is C24H24Cl2OTi. The van der Waals surface area contributed by atoms with Crippen LogP contribution in [-0.4, -0.2) is 6.61 Å². The van der Waals surface area contributed by atoms with E-state index < -0.39 is 19.5 Å². The van der Waals surface area contributed by atoms with Gasteiger partial charge in [0.25, 0.3) is 0 Å². The van der Waals surface area contributed by atoms with Crippen molar-refractivity contribution >= 4 is 3.87 Å². The van der Waals surface area contributed by atoms with Crippen molar-refractivity contribution in [3.05, 3.63) is 77.9 Å². The molecule has 0 N–H and O–H groups in total. The van der Waals surface area contributed by atoms with Crippen molar-refractivity contribution in [3.63, 3.8) is 0 Å². The van der Waals surface area contributed by atoms with Crippen molar-refractivity contribution in [3.8, 4) is 22.3 Å². The molecule has 0 aliphatic heterocycles. The van der Waals surface area contributed by atoms with Crippen LogP contribution < -0.4 is 28.7 Å².